The van der Waals surface area contributed by atoms with E-state index in [0.717, 1.165) is 15.4 Å². The zero-order valence-corrected chi connectivity index (χ0v) is 9.77. The average Bonchev–Trinajstić information content (AvgIpc) is 2.59. The molecule has 2 aromatic heterocycles. The summed E-state index contributed by atoms with van der Waals surface area (Å²) in [7, 11) is 0. The van der Waals surface area contributed by atoms with Crippen LogP contribution in [-0.4, -0.2) is 15.2 Å². The number of anilines is 1. The Labute approximate surface area is 96.1 Å². The van der Waals surface area contributed by atoms with Crippen molar-refractivity contribution in [3.05, 3.63) is 11.4 Å². The maximum absolute atomic E-state index is 5.88. The molecule has 1 saturated carbocycles. The topological polar surface area (TPSA) is 51.8 Å². The highest BCUT2D eigenvalue weighted by Crippen LogP contribution is 2.36. The van der Waals surface area contributed by atoms with Crippen molar-refractivity contribution in [2.24, 2.45) is 0 Å². The van der Waals surface area contributed by atoms with Gasteiger partial charge in [0.2, 0.25) is 0 Å². The minimum atomic E-state index is 0.614. The van der Waals surface area contributed by atoms with Gasteiger partial charge in [0.25, 0.3) is 0 Å². The Morgan fingerprint density at radius 1 is 1.40 bits per heavy atom. The van der Waals surface area contributed by atoms with Crippen LogP contribution in [0, 0.1) is 0 Å². The maximum Gasteiger partial charge on any atom is 0.191 e. The van der Waals surface area contributed by atoms with E-state index in [9.17, 15) is 0 Å². The van der Waals surface area contributed by atoms with Crippen molar-refractivity contribution in [3.63, 3.8) is 0 Å². The van der Waals surface area contributed by atoms with E-state index < -0.39 is 0 Å². The Hall–Kier alpha value is -0.810. The van der Waals surface area contributed by atoms with Crippen molar-refractivity contribution in [2.75, 3.05) is 5.73 Å². The van der Waals surface area contributed by atoms with Crippen LogP contribution < -0.4 is 5.73 Å². The molecular weight excluding hydrogens is 226 g/mol. The molecule has 0 unspecified atom stereocenters. The van der Waals surface area contributed by atoms with Crippen molar-refractivity contribution < 1.29 is 0 Å². The van der Waals surface area contributed by atoms with Gasteiger partial charge < -0.3 is 5.73 Å². The van der Waals surface area contributed by atoms with Crippen LogP contribution in [0.3, 0.4) is 0 Å². The molecule has 78 valence electrons. The first kappa shape index (κ1) is 9.42. The maximum atomic E-state index is 5.88. The molecule has 0 aliphatic heterocycles. The number of nitrogens with zero attached hydrogens (tertiary/aromatic N) is 2. The van der Waals surface area contributed by atoms with Gasteiger partial charge in [0, 0.05) is 5.25 Å². The molecule has 0 atom stereocenters. The molecule has 0 saturated heterocycles. The standard InChI is InChI=1S/C10H11N3S2/c11-8-7-4-5-14-9(7)13-10(12-8)15-6-2-1-3-6/h4-6H,1-3H2,(H2,11,12,13). The molecule has 2 aromatic rings. The van der Waals surface area contributed by atoms with Gasteiger partial charge in [-0.15, -0.1) is 11.3 Å². The molecule has 0 amide bonds. The SMILES string of the molecule is Nc1nc(SC2CCC2)nc2sccc12. The molecule has 1 aliphatic carbocycles. The van der Waals surface area contributed by atoms with Crippen LogP contribution in [0.1, 0.15) is 19.3 Å². The van der Waals surface area contributed by atoms with E-state index in [2.05, 4.69) is 9.97 Å². The lowest BCUT2D eigenvalue weighted by Crippen LogP contribution is -2.13. The van der Waals surface area contributed by atoms with Crippen molar-refractivity contribution in [1.82, 2.24) is 9.97 Å². The van der Waals surface area contributed by atoms with Gasteiger partial charge in [-0.25, -0.2) is 9.97 Å². The van der Waals surface area contributed by atoms with Crippen LogP contribution in [0.25, 0.3) is 10.2 Å². The molecule has 2 heterocycles. The number of thiophene rings is 1. The molecule has 1 aliphatic rings. The van der Waals surface area contributed by atoms with Gasteiger partial charge in [-0.2, -0.15) is 0 Å². The summed E-state index contributed by atoms with van der Waals surface area (Å²) in [6.07, 6.45) is 3.92. The quantitative estimate of drug-likeness (QED) is 0.816. The first-order chi connectivity index (χ1) is 7.33. The Bertz CT molecular complexity index is 490. The van der Waals surface area contributed by atoms with Crippen molar-refractivity contribution in [2.45, 2.75) is 29.7 Å². The second-order valence-electron chi connectivity index (χ2n) is 3.70. The Kier molecular flexibility index (Phi) is 2.29. The van der Waals surface area contributed by atoms with Crippen molar-refractivity contribution in [1.29, 1.82) is 0 Å². The van der Waals surface area contributed by atoms with Crippen LogP contribution in [-0.2, 0) is 0 Å². The number of thioether (sulfide) groups is 1. The fraction of sp³-hybridized carbons (Fsp3) is 0.400. The molecule has 2 N–H and O–H groups in total. The average molecular weight is 237 g/mol. The number of nitrogen functional groups attached to an aromatic ring is 1. The summed E-state index contributed by atoms with van der Waals surface area (Å²) in [6.45, 7) is 0. The summed E-state index contributed by atoms with van der Waals surface area (Å²) in [4.78, 5) is 9.84. The normalized spacial score (nSPS) is 16.8. The molecule has 0 radical (unpaired) electrons. The zero-order chi connectivity index (χ0) is 10.3. The second-order valence-corrected chi connectivity index (χ2v) is 5.86. The third kappa shape index (κ3) is 1.70. The van der Waals surface area contributed by atoms with Gasteiger partial charge in [0.15, 0.2) is 5.16 Å². The largest absolute Gasteiger partial charge is 0.383 e. The van der Waals surface area contributed by atoms with E-state index in [1.165, 1.54) is 19.3 Å². The number of nitrogens with two attached hydrogens (primary N) is 1. The van der Waals surface area contributed by atoms with Crippen molar-refractivity contribution >= 4 is 39.1 Å². The second kappa shape index (κ2) is 3.64. The van der Waals surface area contributed by atoms with Gasteiger partial charge in [-0.05, 0) is 24.3 Å². The number of hydrogen-bond donors (Lipinski definition) is 1. The highest BCUT2D eigenvalue weighted by Gasteiger charge is 2.20. The third-order valence-electron chi connectivity index (χ3n) is 2.66. The van der Waals surface area contributed by atoms with Crippen LogP contribution in [0.2, 0.25) is 0 Å². The molecule has 15 heavy (non-hydrogen) atoms. The molecule has 0 aromatic carbocycles. The van der Waals surface area contributed by atoms with Gasteiger partial charge in [-0.3, -0.25) is 0 Å². The first-order valence-electron chi connectivity index (χ1n) is 5.00. The molecular formula is C10H11N3S2. The predicted molar refractivity (Wildman–Crippen MR) is 65.3 cm³/mol. The summed E-state index contributed by atoms with van der Waals surface area (Å²) >= 11 is 3.39. The number of rotatable bonds is 2. The monoisotopic (exact) mass is 237 g/mol. The van der Waals surface area contributed by atoms with Gasteiger partial charge in [0.05, 0.1) is 5.39 Å². The predicted octanol–water partition coefficient (Wildman–Crippen LogP) is 2.92. The van der Waals surface area contributed by atoms with Crippen LogP contribution in [0.4, 0.5) is 5.82 Å². The van der Waals surface area contributed by atoms with Gasteiger partial charge in [0.1, 0.15) is 10.6 Å². The fourth-order valence-corrected chi connectivity index (χ4v) is 3.54. The summed E-state index contributed by atoms with van der Waals surface area (Å²) in [5.41, 5.74) is 5.88. The van der Waals surface area contributed by atoms with Crippen LogP contribution >= 0.6 is 23.1 Å². The van der Waals surface area contributed by atoms with E-state index in [1.54, 1.807) is 23.1 Å². The van der Waals surface area contributed by atoms with Gasteiger partial charge in [-0.1, -0.05) is 18.2 Å². The highest BCUT2D eigenvalue weighted by atomic mass is 32.2. The lowest BCUT2D eigenvalue weighted by Gasteiger charge is -2.23. The van der Waals surface area contributed by atoms with Gasteiger partial charge >= 0.3 is 0 Å². The summed E-state index contributed by atoms with van der Waals surface area (Å²) < 4.78 is 0. The van der Waals surface area contributed by atoms with Crippen molar-refractivity contribution in [3.8, 4) is 0 Å². The smallest absolute Gasteiger partial charge is 0.191 e. The van der Waals surface area contributed by atoms with E-state index >= 15 is 0 Å². The Morgan fingerprint density at radius 2 is 2.27 bits per heavy atom. The molecule has 5 heteroatoms. The van der Waals surface area contributed by atoms with E-state index in [4.69, 9.17) is 5.73 Å². The van der Waals surface area contributed by atoms with Crippen LogP contribution in [0.5, 0.6) is 0 Å². The number of hydrogen-bond acceptors (Lipinski definition) is 5. The lowest BCUT2D eigenvalue weighted by atomic mass is 10.0. The molecule has 0 bridgehead atoms. The highest BCUT2D eigenvalue weighted by molar-refractivity contribution is 7.99. The molecule has 1 fully saturated rings. The minimum absolute atomic E-state index is 0.614. The van der Waals surface area contributed by atoms with E-state index in [-0.39, 0.29) is 0 Å². The summed E-state index contributed by atoms with van der Waals surface area (Å²) in [5, 5.41) is 4.54. The summed E-state index contributed by atoms with van der Waals surface area (Å²) in [6, 6.07) is 1.98. The molecule has 0 spiro atoms. The number of aromatic nitrogens is 2. The molecule has 3 nitrogen and oxygen atoms in total. The Morgan fingerprint density at radius 3 is 3.00 bits per heavy atom. The Balaban J connectivity index is 1.96. The minimum Gasteiger partial charge on any atom is -0.383 e. The lowest BCUT2D eigenvalue weighted by molar-refractivity contribution is 0.521. The van der Waals surface area contributed by atoms with Crippen LogP contribution in [0.15, 0.2) is 16.6 Å². The number of fused-ring (bicyclic) bond motifs is 1. The first-order valence-corrected chi connectivity index (χ1v) is 6.76. The fourth-order valence-electron chi connectivity index (χ4n) is 1.55. The zero-order valence-electron chi connectivity index (χ0n) is 8.14. The third-order valence-corrected chi connectivity index (χ3v) is 4.66. The van der Waals surface area contributed by atoms with E-state index in [1.807, 2.05) is 11.4 Å². The van der Waals surface area contributed by atoms with E-state index in [0.29, 0.717) is 11.1 Å². The summed E-state index contributed by atoms with van der Waals surface area (Å²) in [5.74, 6) is 0.614. The molecule has 3 rings (SSSR count).